The number of nitrogens with zero attached hydrogens (tertiary/aromatic N) is 1. The van der Waals surface area contributed by atoms with Gasteiger partial charge in [0.15, 0.2) is 0 Å². The number of ether oxygens (including phenoxy) is 1. The number of rotatable bonds is 5. The van der Waals surface area contributed by atoms with Gasteiger partial charge in [-0.25, -0.2) is 4.39 Å². The number of hydrogen-bond acceptors (Lipinski definition) is 3. The molecule has 0 spiro atoms. The summed E-state index contributed by atoms with van der Waals surface area (Å²) in [6.45, 7) is 2.08. The highest BCUT2D eigenvalue weighted by molar-refractivity contribution is 9.10. The Bertz CT molecular complexity index is 599. The molecular formula is C16H15BrFNO2. The molecule has 3 nitrogen and oxygen atoms in total. The number of aromatic nitrogens is 1. The van der Waals surface area contributed by atoms with Crippen molar-refractivity contribution in [1.29, 1.82) is 0 Å². The van der Waals surface area contributed by atoms with Crippen molar-refractivity contribution in [3.8, 4) is 0 Å². The SMILES string of the molecule is CCOC(=O)C(Cc1ccc(F)cc1)c1ccc(Br)cn1. The summed E-state index contributed by atoms with van der Waals surface area (Å²) in [6, 6.07) is 9.72. The van der Waals surface area contributed by atoms with E-state index in [4.69, 9.17) is 4.74 Å². The quantitative estimate of drug-likeness (QED) is 0.767. The van der Waals surface area contributed by atoms with Crippen molar-refractivity contribution in [1.82, 2.24) is 4.98 Å². The van der Waals surface area contributed by atoms with E-state index in [0.717, 1.165) is 10.0 Å². The maximum absolute atomic E-state index is 13.0. The predicted octanol–water partition coefficient (Wildman–Crippen LogP) is 3.87. The first-order chi connectivity index (χ1) is 10.1. The largest absolute Gasteiger partial charge is 0.465 e. The van der Waals surface area contributed by atoms with E-state index in [2.05, 4.69) is 20.9 Å². The number of carbonyl (C=O) groups is 1. The van der Waals surface area contributed by atoms with Gasteiger partial charge in [0.25, 0.3) is 0 Å². The van der Waals surface area contributed by atoms with E-state index in [1.54, 1.807) is 31.3 Å². The van der Waals surface area contributed by atoms with Gasteiger partial charge in [-0.2, -0.15) is 0 Å². The topological polar surface area (TPSA) is 39.2 Å². The van der Waals surface area contributed by atoms with Crippen LogP contribution in [0.3, 0.4) is 0 Å². The minimum atomic E-state index is -0.497. The Kier molecular flexibility index (Phi) is 5.44. The molecule has 1 aromatic heterocycles. The molecule has 0 radical (unpaired) electrons. The maximum atomic E-state index is 13.0. The fraction of sp³-hybridized carbons (Fsp3) is 0.250. The highest BCUT2D eigenvalue weighted by atomic mass is 79.9. The zero-order valence-corrected chi connectivity index (χ0v) is 13.1. The Morgan fingerprint density at radius 1 is 1.29 bits per heavy atom. The molecule has 0 fully saturated rings. The average molecular weight is 352 g/mol. The molecule has 1 aromatic carbocycles. The van der Waals surface area contributed by atoms with Crippen LogP contribution in [0.4, 0.5) is 4.39 Å². The second-order valence-corrected chi connectivity index (χ2v) is 5.45. The minimum absolute atomic E-state index is 0.298. The van der Waals surface area contributed by atoms with Gasteiger partial charge < -0.3 is 4.74 Å². The summed E-state index contributed by atoms with van der Waals surface area (Å²) in [6.07, 6.45) is 2.07. The highest BCUT2D eigenvalue weighted by Gasteiger charge is 2.23. The molecule has 1 heterocycles. The minimum Gasteiger partial charge on any atom is -0.465 e. The van der Waals surface area contributed by atoms with Gasteiger partial charge in [0, 0.05) is 10.7 Å². The molecule has 1 unspecified atom stereocenters. The van der Waals surface area contributed by atoms with E-state index in [-0.39, 0.29) is 11.8 Å². The Morgan fingerprint density at radius 3 is 2.57 bits per heavy atom. The van der Waals surface area contributed by atoms with Crippen LogP contribution in [0.5, 0.6) is 0 Å². The van der Waals surface area contributed by atoms with Crippen LogP contribution in [0.1, 0.15) is 24.1 Å². The lowest BCUT2D eigenvalue weighted by Gasteiger charge is -2.15. The molecule has 0 N–H and O–H groups in total. The van der Waals surface area contributed by atoms with Gasteiger partial charge in [0.2, 0.25) is 0 Å². The summed E-state index contributed by atoms with van der Waals surface area (Å²) >= 11 is 3.32. The van der Waals surface area contributed by atoms with Crippen molar-refractivity contribution in [2.75, 3.05) is 6.61 Å². The Hall–Kier alpha value is -1.75. The van der Waals surface area contributed by atoms with Gasteiger partial charge in [-0.1, -0.05) is 12.1 Å². The monoisotopic (exact) mass is 351 g/mol. The third kappa shape index (κ3) is 4.36. The molecule has 21 heavy (non-hydrogen) atoms. The standard InChI is InChI=1S/C16H15BrFNO2/c1-2-21-16(20)14(15-8-5-12(17)10-19-15)9-11-3-6-13(18)7-4-11/h3-8,10,14H,2,9H2,1H3. The fourth-order valence-electron chi connectivity index (χ4n) is 2.00. The van der Waals surface area contributed by atoms with Crippen LogP contribution >= 0.6 is 15.9 Å². The van der Waals surface area contributed by atoms with Gasteiger partial charge in [0.05, 0.1) is 12.3 Å². The molecule has 2 rings (SSSR count). The lowest BCUT2D eigenvalue weighted by Crippen LogP contribution is -2.19. The zero-order chi connectivity index (χ0) is 15.2. The Balaban J connectivity index is 2.25. The molecule has 0 aliphatic carbocycles. The van der Waals surface area contributed by atoms with Gasteiger partial charge >= 0.3 is 5.97 Å². The molecular weight excluding hydrogens is 337 g/mol. The lowest BCUT2D eigenvalue weighted by molar-refractivity contribution is -0.145. The summed E-state index contributed by atoms with van der Waals surface area (Å²) in [7, 11) is 0. The number of benzene rings is 1. The summed E-state index contributed by atoms with van der Waals surface area (Å²) in [5, 5.41) is 0. The van der Waals surface area contributed by atoms with Crippen molar-refractivity contribution >= 4 is 21.9 Å². The van der Waals surface area contributed by atoms with E-state index in [1.165, 1.54) is 12.1 Å². The average Bonchev–Trinajstić information content (AvgIpc) is 2.48. The fourth-order valence-corrected chi connectivity index (χ4v) is 2.24. The summed E-state index contributed by atoms with van der Waals surface area (Å²) in [5.74, 6) is -1.12. The second-order valence-electron chi connectivity index (χ2n) is 4.54. The summed E-state index contributed by atoms with van der Waals surface area (Å²) < 4.78 is 18.9. The summed E-state index contributed by atoms with van der Waals surface area (Å²) in [4.78, 5) is 16.4. The van der Waals surface area contributed by atoms with E-state index < -0.39 is 5.92 Å². The number of esters is 1. The molecule has 2 aromatic rings. The third-order valence-electron chi connectivity index (χ3n) is 3.03. The van der Waals surface area contributed by atoms with Crippen LogP contribution in [0.15, 0.2) is 47.1 Å². The van der Waals surface area contributed by atoms with Crippen molar-refractivity contribution in [3.63, 3.8) is 0 Å². The Morgan fingerprint density at radius 2 is 2.00 bits per heavy atom. The molecule has 1 atom stereocenters. The highest BCUT2D eigenvalue weighted by Crippen LogP contribution is 2.22. The van der Waals surface area contributed by atoms with Crippen molar-refractivity contribution in [2.24, 2.45) is 0 Å². The number of halogens is 2. The maximum Gasteiger partial charge on any atom is 0.315 e. The van der Waals surface area contributed by atoms with Crippen LogP contribution < -0.4 is 0 Å². The van der Waals surface area contributed by atoms with Crippen LogP contribution in [-0.2, 0) is 16.0 Å². The number of pyridine rings is 1. The van der Waals surface area contributed by atoms with Gasteiger partial charge in [0.1, 0.15) is 11.7 Å². The normalized spacial score (nSPS) is 12.0. The first-order valence-corrected chi connectivity index (χ1v) is 7.42. The second kappa shape index (κ2) is 7.31. The van der Waals surface area contributed by atoms with Crippen molar-refractivity contribution in [3.05, 3.63) is 64.1 Å². The van der Waals surface area contributed by atoms with Crippen molar-refractivity contribution in [2.45, 2.75) is 19.3 Å². The van der Waals surface area contributed by atoms with Crippen LogP contribution in [-0.4, -0.2) is 17.6 Å². The van der Waals surface area contributed by atoms with Crippen LogP contribution in [0.2, 0.25) is 0 Å². The molecule has 0 amide bonds. The molecule has 0 bridgehead atoms. The predicted molar refractivity (Wildman–Crippen MR) is 81.4 cm³/mol. The molecule has 0 aliphatic heterocycles. The number of carbonyl (C=O) groups excluding carboxylic acids is 1. The zero-order valence-electron chi connectivity index (χ0n) is 11.6. The van der Waals surface area contributed by atoms with E-state index in [0.29, 0.717) is 18.7 Å². The van der Waals surface area contributed by atoms with E-state index in [9.17, 15) is 9.18 Å². The first-order valence-electron chi connectivity index (χ1n) is 6.62. The smallest absolute Gasteiger partial charge is 0.315 e. The molecule has 0 saturated heterocycles. The van der Waals surface area contributed by atoms with E-state index in [1.807, 2.05) is 6.07 Å². The van der Waals surface area contributed by atoms with Gasteiger partial charge in [-0.3, -0.25) is 9.78 Å². The van der Waals surface area contributed by atoms with Crippen molar-refractivity contribution < 1.29 is 13.9 Å². The molecule has 110 valence electrons. The Labute approximate surface area is 131 Å². The number of hydrogen-bond donors (Lipinski definition) is 0. The molecule has 0 aliphatic rings. The molecule has 5 heteroatoms. The van der Waals surface area contributed by atoms with Gasteiger partial charge in [-0.15, -0.1) is 0 Å². The lowest BCUT2D eigenvalue weighted by atomic mass is 9.95. The first kappa shape index (κ1) is 15.6. The summed E-state index contributed by atoms with van der Waals surface area (Å²) in [5.41, 5.74) is 1.50. The van der Waals surface area contributed by atoms with Crippen LogP contribution in [0.25, 0.3) is 0 Å². The van der Waals surface area contributed by atoms with Gasteiger partial charge in [-0.05, 0) is 59.1 Å². The third-order valence-corrected chi connectivity index (χ3v) is 3.50. The molecule has 0 saturated carbocycles. The van der Waals surface area contributed by atoms with Crippen LogP contribution in [0, 0.1) is 5.82 Å². The van der Waals surface area contributed by atoms with E-state index >= 15 is 0 Å².